The lowest BCUT2D eigenvalue weighted by molar-refractivity contribution is -0.137. The molecule has 0 unspecified atom stereocenters. The molecule has 0 saturated heterocycles. The largest absolute Gasteiger partial charge is 0.416 e. The normalized spacial score (nSPS) is 18.4. The minimum Gasteiger partial charge on any atom is -0.415 e. The summed E-state index contributed by atoms with van der Waals surface area (Å²) in [7, 11) is -5.21. The average molecular weight is 518 g/mol. The molecule has 0 saturated carbocycles. The SMILES string of the molecule is CC(C)[C@H](CO[Si](C)(C)C(C)(C)C)N=[S@](=O)(CC1=CC(=O)CCC1)c1ccc(C(F)(F)F)cc1. The Kier molecular flexibility index (Phi) is 9.02. The molecule has 1 aliphatic rings. The van der Waals surface area contributed by atoms with Gasteiger partial charge < -0.3 is 4.43 Å². The average Bonchev–Trinajstić information content (AvgIpc) is 2.69. The van der Waals surface area contributed by atoms with Crippen molar-refractivity contribution in [2.24, 2.45) is 10.3 Å². The number of hydrogen-bond acceptors (Lipinski definition) is 4. The molecule has 1 aromatic rings. The molecule has 0 radical (unpaired) electrons. The summed E-state index contributed by atoms with van der Waals surface area (Å²) >= 11 is 0. The molecule has 4 nitrogen and oxygen atoms in total. The van der Waals surface area contributed by atoms with Crippen LogP contribution >= 0.6 is 0 Å². The van der Waals surface area contributed by atoms with Crippen molar-refractivity contribution >= 4 is 23.8 Å². The fourth-order valence-corrected chi connectivity index (χ4v) is 6.76. The van der Waals surface area contributed by atoms with Gasteiger partial charge in [-0.25, -0.2) is 8.57 Å². The summed E-state index contributed by atoms with van der Waals surface area (Å²) in [6.07, 6.45) is -1.19. The van der Waals surface area contributed by atoms with Crippen LogP contribution in [-0.2, 0) is 25.1 Å². The fraction of sp³-hybridized carbons (Fsp3) is 0.640. The first-order chi connectivity index (χ1) is 15.4. The molecular formula is C25H38F3NO3SSi. The number of carbonyl (C=O) groups excluding carboxylic acids is 1. The molecule has 0 amide bonds. The van der Waals surface area contributed by atoms with E-state index in [0.29, 0.717) is 25.9 Å². The first-order valence-corrected chi connectivity index (χ1v) is 16.3. The molecule has 0 fully saturated rings. The number of ketones is 1. The van der Waals surface area contributed by atoms with Gasteiger partial charge in [0.05, 0.1) is 33.7 Å². The van der Waals surface area contributed by atoms with Crippen LogP contribution in [0.25, 0.3) is 0 Å². The van der Waals surface area contributed by atoms with Gasteiger partial charge in [-0.2, -0.15) is 13.2 Å². The van der Waals surface area contributed by atoms with Crippen molar-refractivity contribution in [3.05, 3.63) is 41.5 Å². The van der Waals surface area contributed by atoms with Crippen molar-refractivity contribution in [1.29, 1.82) is 0 Å². The number of carbonyl (C=O) groups is 1. The molecule has 34 heavy (non-hydrogen) atoms. The van der Waals surface area contributed by atoms with Crippen LogP contribution in [0.3, 0.4) is 0 Å². The van der Waals surface area contributed by atoms with Crippen LogP contribution in [0.2, 0.25) is 18.1 Å². The van der Waals surface area contributed by atoms with Crippen LogP contribution < -0.4 is 0 Å². The Labute approximate surface area is 203 Å². The molecule has 1 aliphatic carbocycles. The first kappa shape index (κ1) is 28.8. The van der Waals surface area contributed by atoms with Gasteiger partial charge in [0.1, 0.15) is 0 Å². The topological polar surface area (TPSA) is 55.7 Å². The molecule has 0 spiro atoms. The highest BCUT2D eigenvalue weighted by molar-refractivity contribution is 7.93. The highest BCUT2D eigenvalue weighted by Crippen LogP contribution is 2.37. The van der Waals surface area contributed by atoms with Gasteiger partial charge in [0.25, 0.3) is 0 Å². The lowest BCUT2D eigenvalue weighted by Gasteiger charge is -2.37. The summed E-state index contributed by atoms with van der Waals surface area (Å²) in [5, 5.41) is -0.00334. The number of alkyl halides is 3. The zero-order valence-electron chi connectivity index (χ0n) is 21.3. The first-order valence-electron chi connectivity index (χ1n) is 11.7. The van der Waals surface area contributed by atoms with Crippen LogP contribution in [0, 0.1) is 5.92 Å². The predicted molar refractivity (Wildman–Crippen MR) is 134 cm³/mol. The summed E-state index contributed by atoms with van der Waals surface area (Å²) in [5.41, 5.74) is -0.0653. The summed E-state index contributed by atoms with van der Waals surface area (Å²) in [4.78, 5) is 12.2. The van der Waals surface area contributed by atoms with Crippen molar-refractivity contribution in [2.75, 3.05) is 12.4 Å². The quantitative estimate of drug-likeness (QED) is 0.341. The Bertz CT molecular complexity index is 1020. The monoisotopic (exact) mass is 517 g/mol. The van der Waals surface area contributed by atoms with Gasteiger partial charge in [-0.05, 0) is 67.2 Å². The number of allylic oxidation sites excluding steroid dienone is 1. The van der Waals surface area contributed by atoms with Gasteiger partial charge in [0.15, 0.2) is 14.1 Å². The Balaban J connectivity index is 2.51. The highest BCUT2D eigenvalue weighted by Gasteiger charge is 2.38. The maximum absolute atomic E-state index is 14.3. The molecule has 0 aliphatic heterocycles. The van der Waals surface area contributed by atoms with Crippen molar-refractivity contribution in [3.63, 3.8) is 0 Å². The second kappa shape index (κ2) is 10.7. The zero-order chi connectivity index (χ0) is 25.9. The number of nitrogens with zero attached hydrogens (tertiary/aromatic N) is 1. The van der Waals surface area contributed by atoms with Crippen LogP contribution in [0.5, 0.6) is 0 Å². The number of benzene rings is 1. The van der Waals surface area contributed by atoms with E-state index < -0.39 is 35.8 Å². The van der Waals surface area contributed by atoms with E-state index in [4.69, 9.17) is 8.79 Å². The third-order valence-corrected chi connectivity index (χ3v) is 13.6. The van der Waals surface area contributed by atoms with Crippen LogP contribution in [0.4, 0.5) is 13.2 Å². The summed E-state index contributed by atoms with van der Waals surface area (Å²) in [6, 6.07) is 4.00. The Morgan fingerprint density at radius 3 is 2.15 bits per heavy atom. The third-order valence-electron chi connectivity index (χ3n) is 6.71. The Morgan fingerprint density at radius 1 is 1.09 bits per heavy atom. The maximum Gasteiger partial charge on any atom is 0.416 e. The third kappa shape index (κ3) is 7.52. The van der Waals surface area contributed by atoms with E-state index in [2.05, 4.69) is 33.9 Å². The van der Waals surface area contributed by atoms with Gasteiger partial charge in [0.2, 0.25) is 0 Å². The van der Waals surface area contributed by atoms with Crippen molar-refractivity contribution in [2.45, 2.75) is 89.1 Å². The van der Waals surface area contributed by atoms with Crippen molar-refractivity contribution < 1.29 is 26.6 Å². The molecule has 1 aromatic carbocycles. The van der Waals surface area contributed by atoms with Gasteiger partial charge in [-0.3, -0.25) is 4.79 Å². The lowest BCUT2D eigenvalue weighted by atomic mass is 10.0. The van der Waals surface area contributed by atoms with E-state index >= 15 is 0 Å². The minimum absolute atomic E-state index is 0.00334. The molecule has 2 rings (SSSR count). The van der Waals surface area contributed by atoms with E-state index in [0.717, 1.165) is 17.7 Å². The van der Waals surface area contributed by atoms with Crippen molar-refractivity contribution in [3.8, 4) is 0 Å². The standard InChI is InChI=1S/C25H38F3NO3SSi/c1-18(2)23(16-32-34(6,7)24(3,4)5)29-33(31,17-19-9-8-10-21(30)15-19)22-13-11-20(12-14-22)25(26,27)28/h11-15,18,23H,8-10,16-17H2,1-7H3/t23-,33-/m0/s1. The number of halogens is 3. The van der Waals surface area contributed by atoms with E-state index in [1.807, 2.05) is 13.8 Å². The Morgan fingerprint density at radius 2 is 1.68 bits per heavy atom. The highest BCUT2D eigenvalue weighted by atomic mass is 32.2. The van der Waals surface area contributed by atoms with E-state index in [9.17, 15) is 22.2 Å². The molecule has 0 heterocycles. The summed E-state index contributed by atoms with van der Waals surface area (Å²) in [6.45, 7) is 14.9. The van der Waals surface area contributed by atoms with Gasteiger partial charge in [-0.15, -0.1) is 0 Å². The molecule has 0 aromatic heterocycles. The van der Waals surface area contributed by atoms with Gasteiger partial charge in [0, 0.05) is 11.3 Å². The van der Waals surface area contributed by atoms with Crippen LogP contribution in [0.1, 0.15) is 59.4 Å². The van der Waals surface area contributed by atoms with Crippen molar-refractivity contribution in [1.82, 2.24) is 0 Å². The molecule has 0 bridgehead atoms. The zero-order valence-corrected chi connectivity index (χ0v) is 23.1. The molecule has 9 heteroatoms. The molecule has 0 N–H and O–H groups in total. The number of rotatable bonds is 8. The van der Waals surface area contributed by atoms with Gasteiger partial charge >= 0.3 is 6.18 Å². The number of hydrogen-bond donors (Lipinski definition) is 0. The fourth-order valence-electron chi connectivity index (χ4n) is 3.34. The van der Waals surface area contributed by atoms with E-state index in [1.54, 1.807) is 0 Å². The van der Waals surface area contributed by atoms with E-state index in [-0.39, 0.29) is 27.4 Å². The minimum atomic E-state index is -4.48. The summed E-state index contributed by atoms with van der Waals surface area (Å²) in [5.74, 6) is 0.0343. The molecule has 2 atom stereocenters. The summed E-state index contributed by atoms with van der Waals surface area (Å²) < 4.78 is 64.8. The van der Waals surface area contributed by atoms with Gasteiger partial charge in [-0.1, -0.05) is 40.2 Å². The van der Waals surface area contributed by atoms with E-state index in [1.165, 1.54) is 18.2 Å². The lowest BCUT2D eigenvalue weighted by Crippen LogP contribution is -2.43. The maximum atomic E-state index is 14.3. The molecular weight excluding hydrogens is 479 g/mol. The predicted octanol–water partition coefficient (Wildman–Crippen LogP) is 7.26. The molecule has 192 valence electrons. The van der Waals surface area contributed by atoms with Crippen LogP contribution in [0.15, 0.2) is 45.2 Å². The van der Waals surface area contributed by atoms with Crippen LogP contribution in [-0.4, -0.2) is 36.7 Å². The second-order valence-corrected chi connectivity index (χ2v) is 18.0. The Hall–Kier alpha value is -1.45. The second-order valence-electron chi connectivity index (χ2n) is 10.9. The smallest absolute Gasteiger partial charge is 0.415 e.